The van der Waals surface area contributed by atoms with Crippen molar-refractivity contribution >= 4 is 5.97 Å². The van der Waals surface area contributed by atoms with Crippen LogP contribution in [0.3, 0.4) is 0 Å². The van der Waals surface area contributed by atoms with E-state index in [1.165, 1.54) is 64.2 Å². The maximum atomic E-state index is 10.4. The molecule has 2 nitrogen and oxygen atoms in total. The molecule has 0 rings (SSSR count). The minimum atomic E-state index is -0.665. The fraction of sp³-hybridized carbons (Fsp3) is 0.842. The van der Waals surface area contributed by atoms with E-state index in [1.807, 2.05) is 0 Å². The van der Waals surface area contributed by atoms with Gasteiger partial charge in [0, 0.05) is 6.42 Å². The van der Waals surface area contributed by atoms with Gasteiger partial charge in [0.2, 0.25) is 0 Å². The van der Waals surface area contributed by atoms with Crippen LogP contribution >= 0.6 is 0 Å². The highest BCUT2D eigenvalue weighted by Crippen LogP contribution is 2.14. The highest BCUT2D eigenvalue weighted by atomic mass is 16.4. The van der Waals surface area contributed by atoms with Gasteiger partial charge in [-0.2, -0.15) is 0 Å². The average Bonchev–Trinajstić information content (AvgIpc) is 2.45. The van der Waals surface area contributed by atoms with E-state index in [-0.39, 0.29) is 0 Å². The Kier molecular flexibility index (Phi) is 15.0. The van der Waals surface area contributed by atoms with Gasteiger partial charge in [0.15, 0.2) is 0 Å². The molecule has 0 saturated carbocycles. The maximum absolute atomic E-state index is 10.4. The van der Waals surface area contributed by atoms with E-state index in [1.54, 1.807) is 0 Å². The number of hydrogen-bond donors (Lipinski definition) is 1. The van der Waals surface area contributed by atoms with Crippen molar-refractivity contribution in [1.82, 2.24) is 0 Å². The highest BCUT2D eigenvalue weighted by Gasteiger charge is 1.99. The summed E-state index contributed by atoms with van der Waals surface area (Å²) >= 11 is 0. The lowest BCUT2D eigenvalue weighted by molar-refractivity contribution is -0.137. The van der Waals surface area contributed by atoms with Crippen molar-refractivity contribution < 1.29 is 9.90 Å². The fourth-order valence-corrected chi connectivity index (χ4v) is 2.55. The molecule has 1 atom stereocenters. The van der Waals surface area contributed by atoms with Gasteiger partial charge in [-0.3, -0.25) is 4.79 Å². The lowest BCUT2D eigenvalue weighted by atomic mass is 9.99. The van der Waals surface area contributed by atoms with Gasteiger partial charge in [-0.25, -0.2) is 0 Å². The second-order valence-corrected chi connectivity index (χ2v) is 6.36. The summed E-state index contributed by atoms with van der Waals surface area (Å²) in [5.41, 5.74) is 0. The van der Waals surface area contributed by atoms with E-state index in [0.717, 1.165) is 18.8 Å². The first-order valence-corrected chi connectivity index (χ1v) is 9.03. The van der Waals surface area contributed by atoms with E-state index in [4.69, 9.17) is 5.11 Å². The third kappa shape index (κ3) is 17.2. The summed E-state index contributed by atoms with van der Waals surface area (Å²) in [6.07, 6.45) is 19.8. The second-order valence-electron chi connectivity index (χ2n) is 6.36. The first-order valence-electron chi connectivity index (χ1n) is 9.03. The summed E-state index contributed by atoms with van der Waals surface area (Å²) in [6, 6.07) is 0. The summed E-state index contributed by atoms with van der Waals surface area (Å²) < 4.78 is 0. The molecule has 0 aromatic heterocycles. The fourth-order valence-electron chi connectivity index (χ4n) is 2.55. The van der Waals surface area contributed by atoms with Crippen LogP contribution in [0.5, 0.6) is 0 Å². The number of aliphatic carboxylic acids is 1. The van der Waals surface area contributed by atoms with Crippen LogP contribution < -0.4 is 0 Å². The molecule has 0 bridgehead atoms. The van der Waals surface area contributed by atoms with E-state index in [2.05, 4.69) is 26.0 Å². The number of allylic oxidation sites excluding steroid dienone is 2. The topological polar surface area (TPSA) is 37.3 Å². The number of unbranched alkanes of at least 4 members (excludes halogenated alkanes) is 8. The first-order chi connectivity index (χ1) is 10.2. The summed E-state index contributed by atoms with van der Waals surface area (Å²) in [5.74, 6) is 0.163. The molecule has 124 valence electrons. The largest absolute Gasteiger partial charge is 0.481 e. The van der Waals surface area contributed by atoms with E-state index in [9.17, 15) is 4.79 Å². The molecule has 0 heterocycles. The quantitative estimate of drug-likeness (QED) is 0.282. The molecule has 0 aliphatic rings. The van der Waals surface area contributed by atoms with Crippen LogP contribution in [0.4, 0.5) is 0 Å². The van der Waals surface area contributed by atoms with Gasteiger partial charge in [-0.05, 0) is 31.6 Å². The molecule has 0 aromatic rings. The average molecular weight is 296 g/mol. The molecule has 0 aromatic carbocycles. The van der Waals surface area contributed by atoms with Gasteiger partial charge in [0.05, 0.1) is 0 Å². The van der Waals surface area contributed by atoms with Crippen molar-refractivity contribution in [2.24, 2.45) is 5.92 Å². The molecule has 1 unspecified atom stereocenters. The summed E-state index contributed by atoms with van der Waals surface area (Å²) in [7, 11) is 0. The monoisotopic (exact) mass is 296 g/mol. The van der Waals surface area contributed by atoms with Crippen molar-refractivity contribution in [3.63, 3.8) is 0 Å². The van der Waals surface area contributed by atoms with Crippen molar-refractivity contribution in [3.05, 3.63) is 12.2 Å². The van der Waals surface area contributed by atoms with Crippen molar-refractivity contribution in [2.45, 2.75) is 97.3 Å². The minimum Gasteiger partial charge on any atom is -0.481 e. The molecule has 1 N–H and O–H groups in total. The van der Waals surface area contributed by atoms with Crippen LogP contribution in [0, 0.1) is 5.92 Å². The Morgan fingerprint density at radius 1 is 0.952 bits per heavy atom. The lowest BCUT2D eigenvalue weighted by Crippen LogP contribution is -1.93. The van der Waals surface area contributed by atoms with E-state index < -0.39 is 5.97 Å². The zero-order valence-electron chi connectivity index (χ0n) is 14.3. The molecule has 0 fully saturated rings. The number of carboxylic acids is 1. The van der Waals surface area contributed by atoms with Gasteiger partial charge in [-0.1, -0.05) is 77.4 Å². The van der Waals surface area contributed by atoms with Gasteiger partial charge in [0.25, 0.3) is 0 Å². The predicted octanol–water partition coefficient (Wildman–Crippen LogP) is 6.35. The van der Waals surface area contributed by atoms with Crippen LogP contribution in [0.1, 0.15) is 97.3 Å². The van der Waals surface area contributed by atoms with Crippen LogP contribution in [0.25, 0.3) is 0 Å². The van der Waals surface area contributed by atoms with E-state index >= 15 is 0 Å². The van der Waals surface area contributed by atoms with Crippen LogP contribution in [-0.2, 0) is 4.79 Å². The number of carbonyl (C=O) groups is 1. The minimum absolute atomic E-state index is 0.329. The molecule has 0 saturated heterocycles. The molecule has 21 heavy (non-hydrogen) atoms. The van der Waals surface area contributed by atoms with Crippen molar-refractivity contribution in [2.75, 3.05) is 0 Å². The molecular weight excluding hydrogens is 260 g/mol. The SMILES string of the molecule is CCCCCCC(C)CC=CCCCCCCCC(=O)O. The molecule has 2 heteroatoms. The Bertz CT molecular complexity index is 258. The Morgan fingerprint density at radius 2 is 1.62 bits per heavy atom. The van der Waals surface area contributed by atoms with Crippen LogP contribution in [0.2, 0.25) is 0 Å². The van der Waals surface area contributed by atoms with Crippen LogP contribution in [-0.4, -0.2) is 11.1 Å². The van der Waals surface area contributed by atoms with Gasteiger partial charge < -0.3 is 5.11 Å². The van der Waals surface area contributed by atoms with Crippen molar-refractivity contribution in [1.29, 1.82) is 0 Å². The molecular formula is C19H36O2. The third-order valence-electron chi connectivity index (χ3n) is 4.02. The number of carboxylic acid groups (broad SMARTS) is 1. The third-order valence-corrected chi connectivity index (χ3v) is 4.02. The Balaban J connectivity index is 3.26. The zero-order valence-corrected chi connectivity index (χ0v) is 14.3. The van der Waals surface area contributed by atoms with Gasteiger partial charge in [-0.15, -0.1) is 0 Å². The Hall–Kier alpha value is -0.790. The van der Waals surface area contributed by atoms with Crippen molar-refractivity contribution in [3.8, 4) is 0 Å². The normalized spacial score (nSPS) is 12.9. The highest BCUT2D eigenvalue weighted by molar-refractivity contribution is 5.66. The van der Waals surface area contributed by atoms with E-state index in [0.29, 0.717) is 6.42 Å². The molecule has 0 aliphatic carbocycles. The first kappa shape index (κ1) is 20.2. The summed E-state index contributed by atoms with van der Waals surface area (Å²) in [4.78, 5) is 10.4. The number of rotatable bonds is 15. The Morgan fingerprint density at radius 3 is 2.33 bits per heavy atom. The zero-order chi connectivity index (χ0) is 15.8. The Labute approximate surface area is 132 Å². The molecule has 0 amide bonds. The standard InChI is InChI=1S/C19H36O2/c1-3-4-5-12-15-18(2)16-13-10-8-6-7-9-11-14-17-19(20)21/h10,13,18H,3-9,11-12,14-17H2,1-2H3,(H,20,21). The number of hydrogen-bond acceptors (Lipinski definition) is 1. The predicted molar refractivity (Wildman–Crippen MR) is 91.6 cm³/mol. The summed E-state index contributed by atoms with van der Waals surface area (Å²) in [6.45, 7) is 4.62. The van der Waals surface area contributed by atoms with Crippen LogP contribution in [0.15, 0.2) is 12.2 Å². The summed E-state index contributed by atoms with van der Waals surface area (Å²) in [5, 5.41) is 8.53. The van der Waals surface area contributed by atoms with Gasteiger partial charge in [0.1, 0.15) is 0 Å². The van der Waals surface area contributed by atoms with Gasteiger partial charge >= 0.3 is 5.97 Å². The lowest BCUT2D eigenvalue weighted by Gasteiger charge is -2.07. The smallest absolute Gasteiger partial charge is 0.303 e. The molecule has 0 spiro atoms. The molecule has 0 aliphatic heterocycles. The maximum Gasteiger partial charge on any atom is 0.303 e. The second kappa shape index (κ2) is 15.6. The molecule has 0 radical (unpaired) electrons.